The van der Waals surface area contributed by atoms with Crippen molar-refractivity contribution in [1.82, 2.24) is 19.3 Å². The number of anilines is 2. The molecular formula is C26H27ClFN7O5. The summed E-state index contributed by atoms with van der Waals surface area (Å²) in [4.78, 5) is 42.4. The van der Waals surface area contributed by atoms with Crippen molar-refractivity contribution in [3.05, 3.63) is 64.1 Å². The van der Waals surface area contributed by atoms with E-state index in [1.165, 1.54) is 16.5 Å². The van der Waals surface area contributed by atoms with Crippen molar-refractivity contribution in [1.29, 1.82) is 0 Å². The van der Waals surface area contributed by atoms with Gasteiger partial charge in [0.25, 0.3) is 0 Å². The van der Waals surface area contributed by atoms with Crippen molar-refractivity contribution >= 4 is 23.1 Å². The predicted molar refractivity (Wildman–Crippen MR) is 139 cm³/mol. The Morgan fingerprint density at radius 1 is 1.12 bits per heavy atom. The number of aromatic hydroxyl groups is 2. The van der Waals surface area contributed by atoms with E-state index in [1.54, 1.807) is 35.3 Å². The molecule has 4 N–H and O–H groups in total. The van der Waals surface area contributed by atoms with Gasteiger partial charge in [-0.15, -0.1) is 0 Å². The lowest BCUT2D eigenvalue weighted by atomic mass is 10.1. The van der Waals surface area contributed by atoms with E-state index in [0.717, 1.165) is 5.69 Å². The highest BCUT2D eigenvalue weighted by Crippen LogP contribution is 2.32. The number of H-pyrrole nitrogens is 2. The van der Waals surface area contributed by atoms with Crippen LogP contribution in [0.1, 0.15) is 11.3 Å². The number of aromatic amines is 2. The minimum Gasteiger partial charge on any atom is -1.00 e. The lowest BCUT2D eigenvalue weighted by Crippen LogP contribution is -3.00. The fourth-order valence-corrected chi connectivity index (χ4v) is 4.94. The number of halogens is 2. The lowest BCUT2D eigenvalue weighted by molar-refractivity contribution is -0.362. The molecule has 2 fully saturated rings. The maximum Gasteiger partial charge on any atom is 0.324 e. The molecular weight excluding hydrogens is 545 g/mol. The average Bonchev–Trinajstić information content (AvgIpc) is 3.54. The van der Waals surface area contributed by atoms with Crippen LogP contribution < -0.4 is 32.8 Å². The van der Waals surface area contributed by atoms with Crippen LogP contribution in [0.15, 0.2) is 41.5 Å². The van der Waals surface area contributed by atoms with Crippen LogP contribution in [0.5, 0.6) is 11.5 Å². The molecule has 0 aliphatic carbocycles. The van der Waals surface area contributed by atoms with Crippen LogP contribution in [-0.4, -0.2) is 82.0 Å². The number of hydrogen-bond acceptors (Lipinski definition) is 7. The van der Waals surface area contributed by atoms with E-state index in [-0.39, 0.29) is 35.6 Å². The van der Waals surface area contributed by atoms with Gasteiger partial charge in [-0.1, -0.05) is 6.07 Å². The SMILES string of the molecule is CN1CCN(c2cc(N3CCOCC3)cn3c(=O)c(O)c(-c4[nH]c(Cc5ccc(F)c(O)c5)c[nH+]4)nc23)C1=O.[Cl-]. The highest BCUT2D eigenvalue weighted by atomic mass is 35.5. The van der Waals surface area contributed by atoms with Gasteiger partial charge in [0.15, 0.2) is 17.2 Å². The van der Waals surface area contributed by atoms with Crippen LogP contribution in [0.3, 0.4) is 0 Å². The van der Waals surface area contributed by atoms with Crippen LogP contribution in [-0.2, 0) is 11.2 Å². The molecule has 0 unspecified atom stereocenters. The first-order valence-electron chi connectivity index (χ1n) is 12.5. The number of amides is 2. The van der Waals surface area contributed by atoms with Crippen LogP contribution in [0.4, 0.5) is 20.6 Å². The number of fused-ring (bicyclic) bond motifs is 1. The number of phenolic OH excluding ortho intramolecular Hbond substituents is 1. The van der Waals surface area contributed by atoms with Crippen molar-refractivity contribution in [2.24, 2.45) is 0 Å². The molecule has 4 aromatic rings. The summed E-state index contributed by atoms with van der Waals surface area (Å²) in [6, 6.07) is 5.69. The fourth-order valence-electron chi connectivity index (χ4n) is 4.94. The number of phenols is 1. The number of aromatic nitrogens is 4. The van der Waals surface area contributed by atoms with Gasteiger partial charge in [0.1, 0.15) is 11.9 Å². The van der Waals surface area contributed by atoms with Gasteiger partial charge in [-0.05, 0) is 23.8 Å². The van der Waals surface area contributed by atoms with Crippen molar-refractivity contribution in [2.45, 2.75) is 6.42 Å². The smallest absolute Gasteiger partial charge is 0.324 e. The normalized spacial score (nSPS) is 15.7. The monoisotopic (exact) mass is 571 g/mol. The third-order valence-corrected chi connectivity index (χ3v) is 7.07. The largest absolute Gasteiger partial charge is 1.00 e. The van der Waals surface area contributed by atoms with Gasteiger partial charge in [0, 0.05) is 45.8 Å². The number of urea groups is 1. The molecule has 1 aromatic carbocycles. The molecule has 2 amide bonds. The summed E-state index contributed by atoms with van der Waals surface area (Å²) in [6.45, 7) is 3.27. The molecule has 0 saturated carbocycles. The van der Waals surface area contributed by atoms with Gasteiger partial charge in [-0.2, -0.15) is 0 Å². The van der Waals surface area contributed by atoms with E-state index >= 15 is 0 Å². The topological polar surface area (TPSA) is 141 Å². The number of nitrogens with one attached hydrogen (secondary N) is 2. The minimum atomic E-state index is -0.710. The quantitative estimate of drug-likeness (QED) is 0.261. The summed E-state index contributed by atoms with van der Waals surface area (Å²) in [5.41, 5.74) is 2.02. The van der Waals surface area contributed by atoms with Gasteiger partial charge in [-0.3, -0.25) is 14.1 Å². The molecule has 14 heteroatoms. The second-order valence-corrected chi connectivity index (χ2v) is 9.62. The number of pyridine rings is 1. The zero-order chi connectivity index (χ0) is 27.3. The van der Waals surface area contributed by atoms with Crippen molar-refractivity contribution in [3.8, 4) is 23.0 Å². The summed E-state index contributed by atoms with van der Waals surface area (Å²) < 4.78 is 20.2. The molecule has 40 heavy (non-hydrogen) atoms. The molecule has 0 spiro atoms. The van der Waals surface area contributed by atoms with Gasteiger partial charge in [-0.25, -0.2) is 24.1 Å². The summed E-state index contributed by atoms with van der Waals surface area (Å²) in [5, 5.41) is 20.6. The number of rotatable bonds is 5. The van der Waals surface area contributed by atoms with E-state index in [4.69, 9.17) is 4.74 Å². The van der Waals surface area contributed by atoms with E-state index < -0.39 is 22.9 Å². The van der Waals surface area contributed by atoms with Crippen LogP contribution in [0, 0.1) is 5.82 Å². The molecule has 210 valence electrons. The van der Waals surface area contributed by atoms with Gasteiger partial charge < -0.3 is 37.2 Å². The van der Waals surface area contributed by atoms with E-state index in [0.29, 0.717) is 62.8 Å². The van der Waals surface area contributed by atoms with E-state index in [1.807, 2.05) is 6.07 Å². The number of likely N-dealkylation sites (N-methyl/N-ethyl adjacent to an activating group) is 1. The number of benzene rings is 1. The number of ether oxygens (including phenoxy) is 1. The first-order valence-corrected chi connectivity index (χ1v) is 12.5. The highest BCUT2D eigenvalue weighted by Gasteiger charge is 2.31. The van der Waals surface area contributed by atoms with Crippen molar-refractivity contribution in [3.63, 3.8) is 0 Å². The maximum absolute atomic E-state index is 13.5. The van der Waals surface area contributed by atoms with Crippen LogP contribution in [0.2, 0.25) is 0 Å². The third kappa shape index (κ3) is 4.77. The van der Waals surface area contributed by atoms with Crippen LogP contribution in [0.25, 0.3) is 17.2 Å². The van der Waals surface area contributed by atoms with Crippen molar-refractivity contribution < 1.29 is 41.5 Å². The summed E-state index contributed by atoms with van der Waals surface area (Å²) >= 11 is 0. The van der Waals surface area contributed by atoms with Gasteiger partial charge >= 0.3 is 17.4 Å². The number of carbonyl (C=O) groups excluding carboxylic acids is 1. The second-order valence-electron chi connectivity index (χ2n) is 9.62. The molecule has 0 radical (unpaired) electrons. The lowest BCUT2D eigenvalue weighted by Gasteiger charge is -2.30. The Labute approximate surface area is 233 Å². The Morgan fingerprint density at radius 3 is 2.60 bits per heavy atom. The molecule has 2 aliphatic heterocycles. The van der Waals surface area contributed by atoms with Gasteiger partial charge in [0.05, 0.1) is 24.6 Å². The molecule has 3 aromatic heterocycles. The Kier molecular flexibility index (Phi) is 7.25. The zero-order valence-electron chi connectivity index (χ0n) is 21.5. The fraction of sp³-hybridized carbons (Fsp3) is 0.308. The Balaban J connectivity index is 0.00000323. The summed E-state index contributed by atoms with van der Waals surface area (Å²) in [5.74, 6) is -1.44. The first-order chi connectivity index (χ1) is 18.8. The molecule has 12 nitrogen and oxygen atoms in total. The molecule has 5 heterocycles. The van der Waals surface area contributed by atoms with E-state index in [9.17, 15) is 24.2 Å². The summed E-state index contributed by atoms with van der Waals surface area (Å²) in [6.07, 6.45) is 3.58. The minimum absolute atomic E-state index is 0. The number of carbonyl (C=O) groups is 1. The molecule has 0 atom stereocenters. The number of hydrogen-bond donors (Lipinski definition) is 3. The molecule has 0 bridgehead atoms. The molecule has 2 aliphatic rings. The number of morpholine rings is 1. The van der Waals surface area contributed by atoms with Gasteiger partial charge in [0.2, 0.25) is 11.4 Å². The van der Waals surface area contributed by atoms with Crippen molar-refractivity contribution in [2.75, 3.05) is 56.2 Å². The van der Waals surface area contributed by atoms with E-state index in [2.05, 4.69) is 19.9 Å². The molecule has 2 saturated heterocycles. The highest BCUT2D eigenvalue weighted by molar-refractivity contribution is 5.98. The Bertz CT molecular complexity index is 1650. The second kappa shape index (κ2) is 10.7. The maximum atomic E-state index is 13.5. The number of imidazole rings is 1. The summed E-state index contributed by atoms with van der Waals surface area (Å²) in [7, 11) is 1.71. The first kappa shape index (κ1) is 27.2. The predicted octanol–water partition coefficient (Wildman–Crippen LogP) is -1.64. The third-order valence-electron chi connectivity index (χ3n) is 7.07. The molecule has 6 rings (SSSR count). The zero-order valence-corrected chi connectivity index (χ0v) is 22.3. The number of nitrogens with zero attached hydrogens (tertiary/aromatic N) is 5. The standard InChI is InChI=1S/C26H26FN7O5.ClH/c1-31-4-5-33(26(31)38)19-12-17(32-6-8-39-9-7-32)14-34-24(19)30-21(22(36)25(34)37)23-28-13-16(29-23)10-15-2-3-18(27)20(35)11-15;/h2-3,11-14,35-36H,4-10H2,1H3,(H,28,29);1H. The average molecular weight is 572 g/mol. The Hall–Kier alpha value is -4.36. The van der Waals surface area contributed by atoms with Crippen LogP contribution >= 0.6 is 0 Å². The Morgan fingerprint density at radius 2 is 1.90 bits per heavy atom.